The number of hydrogen-bond acceptors (Lipinski definition) is 4. The molecule has 1 rings (SSSR count). The van der Waals surface area contributed by atoms with E-state index in [1.165, 1.54) is 0 Å². The molecule has 1 saturated heterocycles. The van der Waals surface area contributed by atoms with Crippen molar-refractivity contribution in [1.29, 1.82) is 0 Å². The number of ether oxygens (including phenoxy) is 3. The van der Waals surface area contributed by atoms with Gasteiger partial charge in [-0.15, -0.1) is 0 Å². The van der Waals surface area contributed by atoms with Crippen LogP contribution in [0.4, 0.5) is 0 Å². The molecule has 0 radical (unpaired) electrons. The highest BCUT2D eigenvalue weighted by atomic mass is 16.5. The van der Waals surface area contributed by atoms with Crippen molar-refractivity contribution in [2.75, 3.05) is 33.9 Å². The van der Waals surface area contributed by atoms with Crippen LogP contribution < -0.4 is 0 Å². The first-order chi connectivity index (χ1) is 7.58. The Bertz CT molecular complexity index is 220. The lowest BCUT2D eigenvalue weighted by Crippen LogP contribution is -2.33. The average molecular weight is 231 g/mol. The van der Waals surface area contributed by atoms with Crippen LogP contribution in [-0.2, 0) is 19.0 Å². The number of carbonyl (C=O) groups is 1. The van der Waals surface area contributed by atoms with Gasteiger partial charge in [-0.2, -0.15) is 0 Å². The lowest BCUT2D eigenvalue weighted by molar-refractivity contribution is -0.137. The second kappa shape index (κ2) is 6.18. The van der Waals surface area contributed by atoms with Crippen molar-refractivity contribution in [2.45, 2.75) is 32.2 Å². The third-order valence-corrected chi connectivity index (χ3v) is 2.71. The number of amides is 1. The molecule has 0 N–H and O–H groups in total. The van der Waals surface area contributed by atoms with Gasteiger partial charge in [-0.05, 0) is 13.8 Å². The highest BCUT2D eigenvalue weighted by Gasteiger charge is 2.35. The van der Waals surface area contributed by atoms with E-state index in [1.54, 1.807) is 19.1 Å². The summed E-state index contributed by atoms with van der Waals surface area (Å²) in [5.41, 5.74) is 0. The normalized spacial score (nSPS) is 25.4. The van der Waals surface area contributed by atoms with Crippen molar-refractivity contribution in [2.24, 2.45) is 0 Å². The zero-order chi connectivity index (χ0) is 12.1. The van der Waals surface area contributed by atoms with Gasteiger partial charge < -0.3 is 19.1 Å². The molecule has 2 atom stereocenters. The van der Waals surface area contributed by atoms with Crippen LogP contribution in [0.1, 0.15) is 13.8 Å². The molecule has 0 aromatic heterocycles. The van der Waals surface area contributed by atoms with Crippen molar-refractivity contribution in [1.82, 2.24) is 4.90 Å². The zero-order valence-electron chi connectivity index (χ0n) is 10.4. The Morgan fingerprint density at radius 3 is 2.12 bits per heavy atom. The summed E-state index contributed by atoms with van der Waals surface area (Å²) < 4.78 is 15.8. The lowest BCUT2D eigenvalue weighted by atomic mass is 10.3. The maximum atomic E-state index is 11.8. The molecule has 1 aliphatic heterocycles. The first-order valence-electron chi connectivity index (χ1n) is 5.53. The second-order valence-corrected chi connectivity index (χ2v) is 4.21. The first-order valence-corrected chi connectivity index (χ1v) is 5.53. The van der Waals surface area contributed by atoms with Crippen LogP contribution >= 0.6 is 0 Å². The summed E-state index contributed by atoms with van der Waals surface area (Å²) in [7, 11) is 3.27. The number of methoxy groups -OCH3 is 2. The van der Waals surface area contributed by atoms with Gasteiger partial charge >= 0.3 is 0 Å². The Labute approximate surface area is 96.6 Å². The van der Waals surface area contributed by atoms with Crippen LogP contribution in [0.15, 0.2) is 0 Å². The fourth-order valence-corrected chi connectivity index (χ4v) is 1.73. The Hall–Kier alpha value is -0.650. The van der Waals surface area contributed by atoms with E-state index in [9.17, 15) is 4.79 Å². The molecule has 0 saturated carbocycles. The molecule has 94 valence electrons. The van der Waals surface area contributed by atoms with Crippen LogP contribution in [-0.4, -0.2) is 63.0 Å². The number of nitrogens with zero attached hydrogens (tertiary/aromatic N) is 1. The first kappa shape index (κ1) is 13.4. The third-order valence-electron chi connectivity index (χ3n) is 2.71. The van der Waals surface area contributed by atoms with E-state index in [2.05, 4.69) is 0 Å². The molecule has 1 aliphatic rings. The quantitative estimate of drug-likeness (QED) is 0.682. The summed E-state index contributed by atoms with van der Waals surface area (Å²) in [6, 6.07) is 0. The predicted molar refractivity (Wildman–Crippen MR) is 59.3 cm³/mol. The maximum Gasteiger partial charge on any atom is 0.248 e. The SMILES string of the molecule is COC1CN(C(=O)COC(C)C)CC1OC. The molecule has 1 heterocycles. The zero-order valence-corrected chi connectivity index (χ0v) is 10.4. The van der Waals surface area contributed by atoms with Gasteiger partial charge in [0.1, 0.15) is 18.8 Å². The average Bonchev–Trinajstić information content (AvgIpc) is 2.68. The lowest BCUT2D eigenvalue weighted by Gasteiger charge is -2.16. The molecule has 0 bridgehead atoms. The minimum atomic E-state index is -0.0343. The van der Waals surface area contributed by atoms with Crippen LogP contribution in [0, 0.1) is 0 Å². The Balaban J connectivity index is 2.41. The molecule has 2 unspecified atom stereocenters. The summed E-state index contributed by atoms with van der Waals surface area (Å²) in [5, 5.41) is 0. The van der Waals surface area contributed by atoms with Gasteiger partial charge in [-0.25, -0.2) is 0 Å². The summed E-state index contributed by atoms with van der Waals surface area (Å²) in [6.07, 6.45) is 0.00370. The van der Waals surface area contributed by atoms with E-state index < -0.39 is 0 Å². The molecule has 5 heteroatoms. The topological polar surface area (TPSA) is 48.0 Å². The molecule has 5 nitrogen and oxygen atoms in total. The predicted octanol–water partition coefficient (Wildman–Crippen LogP) is 0.284. The maximum absolute atomic E-state index is 11.8. The van der Waals surface area contributed by atoms with Gasteiger partial charge in [0.05, 0.1) is 6.10 Å². The highest BCUT2D eigenvalue weighted by Crippen LogP contribution is 2.15. The van der Waals surface area contributed by atoms with Gasteiger partial charge in [0.2, 0.25) is 5.91 Å². The number of rotatable bonds is 5. The molecule has 0 aromatic rings. The van der Waals surface area contributed by atoms with Gasteiger partial charge in [0.15, 0.2) is 0 Å². The van der Waals surface area contributed by atoms with Gasteiger partial charge in [0, 0.05) is 27.3 Å². The fourth-order valence-electron chi connectivity index (χ4n) is 1.73. The van der Waals surface area contributed by atoms with E-state index in [4.69, 9.17) is 14.2 Å². The largest absolute Gasteiger partial charge is 0.377 e. The van der Waals surface area contributed by atoms with Crippen LogP contribution in [0.25, 0.3) is 0 Å². The molecule has 0 spiro atoms. The number of carbonyl (C=O) groups excluding carboxylic acids is 1. The minimum Gasteiger partial charge on any atom is -0.377 e. The third kappa shape index (κ3) is 3.43. The van der Waals surface area contributed by atoms with Crippen molar-refractivity contribution >= 4 is 5.91 Å². The van der Waals surface area contributed by atoms with Gasteiger partial charge in [-0.1, -0.05) is 0 Å². The minimum absolute atomic E-state index is 0.00435. The molecule has 0 aliphatic carbocycles. The molecule has 0 aromatic carbocycles. The standard InChI is InChI=1S/C11H21NO4/c1-8(2)16-7-11(13)12-5-9(14-3)10(6-12)15-4/h8-10H,5-7H2,1-4H3. The number of hydrogen-bond donors (Lipinski definition) is 0. The van der Waals surface area contributed by atoms with Crippen LogP contribution in [0.3, 0.4) is 0 Å². The van der Waals surface area contributed by atoms with Crippen molar-refractivity contribution in [3.63, 3.8) is 0 Å². The van der Waals surface area contributed by atoms with Crippen LogP contribution in [0.5, 0.6) is 0 Å². The van der Waals surface area contributed by atoms with Gasteiger partial charge in [0.25, 0.3) is 0 Å². The van der Waals surface area contributed by atoms with E-state index in [0.29, 0.717) is 13.1 Å². The molecular formula is C11H21NO4. The highest BCUT2D eigenvalue weighted by molar-refractivity contribution is 5.77. The molecule has 1 amide bonds. The van der Waals surface area contributed by atoms with E-state index in [1.807, 2.05) is 13.8 Å². The second-order valence-electron chi connectivity index (χ2n) is 4.21. The van der Waals surface area contributed by atoms with Crippen molar-refractivity contribution < 1.29 is 19.0 Å². The Morgan fingerprint density at radius 1 is 1.25 bits per heavy atom. The summed E-state index contributed by atoms with van der Waals surface area (Å²) in [4.78, 5) is 13.5. The summed E-state index contributed by atoms with van der Waals surface area (Å²) in [5.74, 6) is -0.00435. The molecular weight excluding hydrogens is 210 g/mol. The summed E-state index contributed by atoms with van der Waals surface area (Å²) in [6.45, 7) is 5.11. The molecule has 16 heavy (non-hydrogen) atoms. The Morgan fingerprint density at radius 2 is 1.75 bits per heavy atom. The smallest absolute Gasteiger partial charge is 0.248 e. The number of likely N-dealkylation sites (tertiary alicyclic amines) is 1. The van der Waals surface area contributed by atoms with E-state index in [0.717, 1.165) is 0 Å². The van der Waals surface area contributed by atoms with E-state index in [-0.39, 0.29) is 30.8 Å². The van der Waals surface area contributed by atoms with Crippen molar-refractivity contribution in [3.8, 4) is 0 Å². The molecule has 1 fully saturated rings. The summed E-state index contributed by atoms with van der Waals surface area (Å²) >= 11 is 0. The van der Waals surface area contributed by atoms with Crippen molar-refractivity contribution in [3.05, 3.63) is 0 Å². The Kier molecular flexibility index (Phi) is 5.18. The van der Waals surface area contributed by atoms with Gasteiger partial charge in [-0.3, -0.25) is 4.79 Å². The monoisotopic (exact) mass is 231 g/mol. The van der Waals surface area contributed by atoms with Crippen LogP contribution in [0.2, 0.25) is 0 Å². The van der Waals surface area contributed by atoms with E-state index >= 15 is 0 Å². The fraction of sp³-hybridized carbons (Fsp3) is 0.909.